The van der Waals surface area contributed by atoms with E-state index in [0.29, 0.717) is 17.2 Å². The van der Waals surface area contributed by atoms with Gasteiger partial charge in [-0.3, -0.25) is 4.79 Å². The lowest BCUT2D eigenvalue weighted by Gasteiger charge is -2.00. The maximum atomic E-state index is 12.1. The van der Waals surface area contributed by atoms with Crippen molar-refractivity contribution in [2.75, 3.05) is 0 Å². The number of benzene rings is 1. The molecule has 0 aliphatic carbocycles. The van der Waals surface area contributed by atoms with Gasteiger partial charge in [-0.15, -0.1) is 10.2 Å². The van der Waals surface area contributed by atoms with E-state index in [2.05, 4.69) is 10.2 Å². The summed E-state index contributed by atoms with van der Waals surface area (Å²) in [5.74, 6) is 0.714. The van der Waals surface area contributed by atoms with Crippen LogP contribution in [0.15, 0.2) is 41.2 Å². The summed E-state index contributed by atoms with van der Waals surface area (Å²) in [6.45, 7) is 1.96. The number of aryl methyl sites for hydroxylation is 1. The minimum Gasteiger partial charge on any atom is -0.269 e. The highest BCUT2D eigenvalue weighted by Gasteiger charge is 2.09. The predicted molar refractivity (Wildman–Crippen MR) is 71.9 cm³/mol. The molecule has 0 atom stereocenters. The quantitative estimate of drug-likeness (QED) is 0.708. The molecule has 2 aromatic heterocycles. The lowest BCUT2D eigenvalue weighted by molar-refractivity contribution is 0.895. The van der Waals surface area contributed by atoms with Crippen molar-refractivity contribution < 1.29 is 0 Å². The van der Waals surface area contributed by atoms with Gasteiger partial charge in [0.25, 0.3) is 5.56 Å². The van der Waals surface area contributed by atoms with E-state index in [0.717, 1.165) is 10.4 Å². The Kier molecular flexibility index (Phi) is 2.68. The Morgan fingerprint density at radius 1 is 1.22 bits per heavy atom. The molecular formula is C13H11N3OS. The molecule has 3 rings (SSSR count). The van der Waals surface area contributed by atoms with Crippen LogP contribution < -0.4 is 5.56 Å². The Balaban J connectivity index is 2.26. The van der Waals surface area contributed by atoms with Gasteiger partial charge in [-0.25, -0.2) is 4.40 Å². The third-order valence-electron chi connectivity index (χ3n) is 2.75. The average Bonchev–Trinajstić information content (AvgIpc) is 2.83. The SMILES string of the molecule is CCc1nnc2sc(-c3ccccc3)cc(=O)n12. The van der Waals surface area contributed by atoms with Crippen LogP contribution >= 0.6 is 11.3 Å². The molecule has 0 saturated heterocycles. The van der Waals surface area contributed by atoms with Crippen LogP contribution in [0.2, 0.25) is 0 Å². The van der Waals surface area contributed by atoms with Gasteiger partial charge in [0.1, 0.15) is 5.82 Å². The van der Waals surface area contributed by atoms with Crippen LogP contribution in [-0.2, 0) is 6.42 Å². The Morgan fingerprint density at radius 2 is 2.00 bits per heavy atom. The molecule has 0 radical (unpaired) electrons. The van der Waals surface area contributed by atoms with Crippen LogP contribution in [0, 0.1) is 0 Å². The van der Waals surface area contributed by atoms with Crippen LogP contribution in [0.4, 0.5) is 0 Å². The molecule has 0 N–H and O–H groups in total. The average molecular weight is 257 g/mol. The summed E-state index contributed by atoms with van der Waals surface area (Å²) >= 11 is 1.48. The molecule has 4 nitrogen and oxygen atoms in total. The highest BCUT2D eigenvalue weighted by Crippen LogP contribution is 2.24. The molecule has 90 valence electrons. The van der Waals surface area contributed by atoms with E-state index in [9.17, 15) is 4.79 Å². The largest absolute Gasteiger partial charge is 0.269 e. The molecule has 3 aromatic rings. The first kappa shape index (κ1) is 11.1. The monoisotopic (exact) mass is 257 g/mol. The van der Waals surface area contributed by atoms with Gasteiger partial charge in [-0.1, -0.05) is 48.6 Å². The lowest BCUT2D eigenvalue weighted by Crippen LogP contribution is -2.13. The van der Waals surface area contributed by atoms with Crippen LogP contribution in [0.5, 0.6) is 0 Å². The molecule has 0 spiro atoms. The lowest BCUT2D eigenvalue weighted by atomic mass is 10.2. The summed E-state index contributed by atoms with van der Waals surface area (Å²) in [6.07, 6.45) is 0.702. The van der Waals surface area contributed by atoms with E-state index in [1.54, 1.807) is 10.5 Å². The highest BCUT2D eigenvalue weighted by molar-refractivity contribution is 7.19. The zero-order valence-corrected chi connectivity index (χ0v) is 10.6. The zero-order chi connectivity index (χ0) is 12.5. The second kappa shape index (κ2) is 4.34. The third-order valence-corrected chi connectivity index (χ3v) is 3.77. The minimum absolute atomic E-state index is 0.0653. The Hall–Kier alpha value is -2.01. The van der Waals surface area contributed by atoms with E-state index < -0.39 is 0 Å². The first-order valence-electron chi connectivity index (χ1n) is 5.73. The molecule has 2 heterocycles. The van der Waals surface area contributed by atoms with E-state index in [1.165, 1.54) is 11.3 Å². The fourth-order valence-electron chi connectivity index (χ4n) is 1.87. The summed E-state index contributed by atoms with van der Waals surface area (Å²) in [5, 5.41) is 8.10. The predicted octanol–water partition coefficient (Wildman–Crippen LogP) is 2.38. The molecule has 0 saturated carbocycles. The summed E-state index contributed by atoms with van der Waals surface area (Å²) in [5.41, 5.74) is 0.965. The molecule has 0 unspecified atom stereocenters. The Morgan fingerprint density at radius 3 is 2.72 bits per heavy atom. The second-order valence-corrected chi connectivity index (χ2v) is 4.91. The van der Waals surface area contributed by atoms with Gasteiger partial charge < -0.3 is 0 Å². The van der Waals surface area contributed by atoms with Gasteiger partial charge in [-0.05, 0) is 5.56 Å². The molecule has 1 aromatic carbocycles. The fraction of sp³-hybridized carbons (Fsp3) is 0.154. The van der Waals surface area contributed by atoms with Crippen molar-refractivity contribution in [2.24, 2.45) is 0 Å². The molecule has 0 aliphatic heterocycles. The second-order valence-electron chi connectivity index (χ2n) is 3.90. The molecular weight excluding hydrogens is 246 g/mol. The molecule has 0 aliphatic rings. The number of hydrogen-bond acceptors (Lipinski definition) is 4. The molecule has 5 heteroatoms. The molecule has 0 fully saturated rings. The maximum Gasteiger partial charge on any atom is 0.259 e. The summed E-state index contributed by atoms with van der Waals surface area (Å²) in [4.78, 5) is 13.7. The van der Waals surface area contributed by atoms with Gasteiger partial charge in [-0.2, -0.15) is 0 Å². The molecule has 0 amide bonds. The van der Waals surface area contributed by atoms with Crippen LogP contribution in [-0.4, -0.2) is 14.6 Å². The third kappa shape index (κ3) is 1.73. The van der Waals surface area contributed by atoms with Crippen molar-refractivity contribution in [3.05, 3.63) is 52.6 Å². The van der Waals surface area contributed by atoms with Crippen LogP contribution in [0.3, 0.4) is 0 Å². The first-order chi connectivity index (χ1) is 8.79. The van der Waals surface area contributed by atoms with Crippen molar-refractivity contribution in [1.29, 1.82) is 0 Å². The van der Waals surface area contributed by atoms with Crippen molar-refractivity contribution >= 4 is 16.3 Å². The number of nitrogens with zero attached hydrogens (tertiary/aromatic N) is 3. The normalized spacial score (nSPS) is 10.9. The standard InChI is InChI=1S/C13H11N3OS/c1-2-11-14-15-13-16(11)12(17)8-10(18-13)9-6-4-3-5-7-9/h3-8H,2H2,1H3. The van der Waals surface area contributed by atoms with Crippen molar-refractivity contribution in [3.63, 3.8) is 0 Å². The fourth-order valence-corrected chi connectivity index (χ4v) is 2.84. The van der Waals surface area contributed by atoms with Gasteiger partial charge in [0.05, 0.1) is 0 Å². The Bertz CT molecular complexity index is 746. The number of aromatic nitrogens is 3. The van der Waals surface area contributed by atoms with Gasteiger partial charge in [0.2, 0.25) is 4.96 Å². The Labute approximate surface area is 108 Å². The van der Waals surface area contributed by atoms with E-state index in [-0.39, 0.29) is 5.56 Å². The maximum absolute atomic E-state index is 12.1. The topological polar surface area (TPSA) is 47.3 Å². The van der Waals surface area contributed by atoms with E-state index in [4.69, 9.17) is 0 Å². The van der Waals surface area contributed by atoms with Crippen LogP contribution in [0.1, 0.15) is 12.7 Å². The summed E-state index contributed by atoms with van der Waals surface area (Å²) in [6, 6.07) is 11.5. The van der Waals surface area contributed by atoms with Crippen LogP contribution in [0.25, 0.3) is 15.4 Å². The number of hydrogen-bond donors (Lipinski definition) is 0. The van der Waals surface area contributed by atoms with Crippen molar-refractivity contribution in [2.45, 2.75) is 13.3 Å². The van der Waals surface area contributed by atoms with Crippen molar-refractivity contribution in [1.82, 2.24) is 14.6 Å². The first-order valence-corrected chi connectivity index (χ1v) is 6.55. The zero-order valence-electron chi connectivity index (χ0n) is 9.83. The molecule has 18 heavy (non-hydrogen) atoms. The summed E-state index contributed by atoms with van der Waals surface area (Å²) in [7, 11) is 0. The van der Waals surface area contributed by atoms with Gasteiger partial charge in [0, 0.05) is 17.4 Å². The highest BCUT2D eigenvalue weighted by atomic mass is 32.1. The number of rotatable bonds is 2. The van der Waals surface area contributed by atoms with Gasteiger partial charge >= 0.3 is 0 Å². The number of fused-ring (bicyclic) bond motifs is 1. The van der Waals surface area contributed by atoms with E-state index in [1.807, 2.05) is 37.3 Å². The minimum atomic E-state index is -0.0653. The van der Waals surface area contributed by atoms with Crippen molar-refractivity contribution in [3.8, 4) is 10.4 Å². The smallest absolute Gasteiger partial charge is 0.259 e. The van der Waals surface area contributed by atoms with Gasteiger partial charge in [0.15, 0.2) is 0 Å². The summed E-state index contributed by atoms with van der Waals surface area (Å²) < 4.78 is 1.58. The van der Waals surface area contributed by atoms with E-state index >= 15 is 0 Å². The molecule has 0 bridgehead atoms.